The van der Waals surface area contributed by atoms with Gasteiger partial charge in [0.25, 0.3) is 0 Å². The molecule has 0 radical (unpaired) electrons. The van der Waals surface area contributed by atoms with E-state index in [2.05, 4.69) is 50.2 Å². The molecule has 1 N–H and O–H groups in total. The second-order valence-electron chi connectivity index (χ2n) is 4.62. The molecule has 0 aromatic heterocycles. The number of allylic oxidation sites excluding steroid dienone is 2. The van der Waals surface area contributed by atoms with Crippen molar-refractivity contribution in [1.29, 1.82) is 0 Å². The molecular formula is C18H14Br2F3NO2. The lowest BCUT2D eigenvalue weighted by Gasteiger charge is -2.09. The fourth-order valence-electron chi connectivity index (χ4n) is 1.58. The van der Waals surface area contributed by atoms with Crippen LogP contribution in [0.5, 0.6) is 11.5 Å². The van der Waals surface area contributed by atoms with Crippen LogP contribution in [-0.4, -0.2) is 11.3 Å². The van der Waals surface area contributed by atoms with E-state index in [4.69, 9.17) is 4.84 Å². The van der Waals surface area contributed by atoms with Gasteiger partial charge in [0.2, 0.25) is 0 Å². The normalized spacial score (nSPS) is 10.8. The second kappa shape index (κ2) is 10.2. The predicted octanol–water partition coefficient (Wildman–Crippen LogP) is 6.71. The first-order valence-corrected chi connectivity index (χ1v) is 8.57. The topological polar surface area (TPSA) is 41.8 Å². The number of hydrogen-bond donors (Lipinski definition) is 1. The van der Waals surface area contributed by atoms with E-state index in [1.54, 1.807) is 24.3 Å². The molecule has 0 aliphatic rings. The summed E-state index contributed by atoms with van der Waals surface area (Å²) in [5.74, 6) is -0.372. The molecule has 0 aliphatic carbocycles. The molecule has 0 amide bonds. The summed E-state index contributed by atoms with van der Waals surface area (Å²) in [4.78, 5) is 4.83. The van der Waals surface area contributed by atoms with Crippen LogP contribution in [0.3, 0.4) is 0 Å². The smallest absolute Gasteiger partial charge is 0.420 e. The number of aromatic hydroxyl groups is 1. The van der Waals surface area contributed by atoms with Gasteiger partial charge in [-0.05, 0) is 61.7 Å². The van der Waals surface area contributed by atoms with Crippen LogP contribution in [0.2, 0.25) is 0 Å². The third kappa shape index (κ3) is 6.68. The highest BCUT2D eigenvalue weighted by Gasteiger charge is 2.34. The molecule has 0 unspecified atom stereocenters. The molecule has 0 atom stereocenters. The maximum atomic E-state index is 12.8. The van der Waals surface area contributed by atoms with Gasteiger partial charge in [-0.2, -0.15) is 13.2 Å². The van der Waals surface area contributed by atoms with Crippen LogP contribution in [0, 0.1) is 0 Å². The van der Waals surface area contributed by atoms with Crippen molar-refractivity contribution >= 4 is 38.1 Å². The van der Waals surface area contributed by atoms with E-state index in [-0.39, 0.29) is 11.5 Å². The van der Waals surface area contributed by atoms with Crippen molar-refractivity contribution in [3.63, 3.8) is 0 Å². The van der Waals surface area contributed by atoms with Gasteiger partial charge >= 0.3 is 6.18 Å². The molecule has 138 valence electrons. The number of hydrogen-bond acceptors (Lipinski definition) is 3. The summed E-state index contributed by atoms with van der Waals surface area (Å²) >= 11 is 6.28. The predicted molar refractivity (Wildman–Crippen MR) is 104 cm³/mol. The van der Waals surface area contributed by atoms with E-state index >= 15 is 0 Å². The fraction of sp³-hybridized carbons (Fsp3) is 0.0556. The summed E-state index contributed by atoms with van der Waals surface area (Å²) in [6.45, 7) is 6.72. The van der Waals surface area contributed by atoms with Crippen molar-refractivity contribution in [2.75, 3.05) is 0 Å². The minimum absolute atomic E-state index is 0.0143. The highest BCUT2D eigenvalue weighted by Crippen LogP contribution is 2.36. The van der Waals surface area contributed by atoms with Gasteiger partial charge in [0.05, 0.1) is 15.2 Å². The minimum atomic E-state index is -4.52. The van der Waals surface area contributed by atoms with Crippen molar-refractivity contribution in [2.24, 2.45) is 5.16 Å². The lowest BCUT2D eigenvalue weighted by atomic mass is 10.2. The molecule has 26 heavy (non-hydrogen) atoms. The second-order valence-corrected chi connectivity index (χ2v) is 6.33. The standard InChI is InChI=1S/C14H8Br2F3NO2.C4H6/c15-10-5-8(6-11(16)13(10)21)7-20-22-12-4-2-1-3-9(12)14(17,18)19;1-3-4-2/h1-7,21H;3-4H,1-2H2/b20-7+;. The number of para-hydroxylation sites is 1. The Balaban J connectivity index is 0.000000765. The zero-order chi connectivity index (χ0) is 19.7. The summed E-state index contributed by atoms with van der Waals surface area (Å²) in [6.07, 6.45) is -0.00117. The molecule has 0 aliphatic heterocycles. The number of nitrogens with zero attached hydrogens (tertiary/aromatic N) is 1. The molecule has 3 nitrogen and oxygen atoms in total. The largest absolute Gasteiger partial charge is 0.506 e. The Kier molecular flexibility index (Phi) is 8.60. The quantitative estimate of drug-likeness (QED) is 0.293. The van der Waals surface area contributed by atoms with Crippen LogP contribution in [0.1, 0.15) is 11.1 Å². The fourth-order valence-corrected chi connectivity index (χ4v) is 2.81. The van der Waals surface area contributed by atoms with E-state index in [9.17, 15) is 18.3 Å². The third-order valence-electron chi connectivity index (χ3n) is 2.75. The molecule has 2 aromatic carbocycles. The first-order valence-electron chi connectivity index (χ1n) is 6.98. The first kappa shape index (κ1) is 22.0. The number of rotatable bonds is 4. The van der Waals surface area contributed by atoms with Gasteiger partial charge in [0, 0.05) is 0 Å². The van der Waals surface area contributed by atoms with Crippen molar-refractivity contribution in [3.05, 3.63) is 81.8 Å². The van der Waals surface area contributed by atoms with E-state index in [1.807, 2.05) is 0 Å². The first-order chi connectivity index (χ1) is 12.2. The van der Waals surface area contributed by atoms with Gasteiger partial charge in [-0.25, -0.2) is 0 Å². The van der Waals surface area contributed by atoms with E-state index < -0.39 is 11.7 Å². The van der Waals surface area contributed by atoms with Gasteiger partial charge in [-0.1, -0.05) is 42.6 Å². The Morgan fingerprint density at radius 1 is 1.04 bits per heavy atom. The van der Waals surface area contributed by atoms with Gasteiger partial charge in [0.1, 0.15) is 11.3 Å². The lowest BCUT2D eigenvalue weighted by molar-refractivity contribution is -0.138. The number of benzene rings is 2. The molecule has 0 saturated heterocycles. The van der Waals surface area contributed by atoms with Crippen LogP contribution in [-0.2, 0) is 6.18 Å². The Bertz CT molecular complexity index is 776. The maximum Gasteiger partial charge on any atom is 0.420 e. The van der Waals surface area contributed by atoms with Crippen LogP contribution >= 0.6 is 31.9 Å². The molecule has 0 bridgehead atoms. The lowest BCUT2D eigenvalue weighted by Crippen LogP contribution is -2.06. The van der Waals surface area contributed by atoms with Gasteiger partial charge in [-0.3, -0.25) is 0 Å². The third-order valence-corrected chi connectivity index (χ3v) is 3.96. The van der Waals surface area contributed by atoms with Crippen LogP contribution < -0.4 is 4.84 Å². The van der Waals surface area contributed by atoms with E-state index in [0.29, 0.717) is 14.5 Å². The molecular weight excluding hydrogens is 479 g/mol. The zero-order valence-electron chi connectivity index (χ0n) is 13.3. The van der Waals surface area contributed by atoms with Crippen molar-refractivity contribution in [1.82, 2.24) is 0 Å². The number of halogens is 5. The van der Waals surface area contributed by atoms with Crippen LogP contribution in [0.25, 0.3) is 0 Å². The van der Waals surface area contributed by atoms with E-state index in [1.165, 1.54) is 24.4 Å². The molecule has 0 heterocycles. The minimum Gasteiger partial charge on any atom is -0.506 e. The number of phenolic OH excluding ortho intramolecular Hbond substituents is 1. The van der Waals surface area contributed by atoms with Gasteiger partial charge < -0.3 is 9.94 Å². The number of oxime groups is 1. The summed E-state index contributed by atoms with van der Waals surface area (Å²) in [5.41, 5.74) is -0.374. The van der Waals surface area contributed by atoms with Crippen molar-refractivity contribution in [3.8, 4) is 11.5 Å². The molecule has 2 rings (SSSR count). The number of phenols is 1. The molecule has 8 heteroatoms. The summed E-state index contributed by atoms with van der Waals surface area (Å²) < 4.78 is 39.2. The zero-order valence-corrected chi connectivity index (χ0v) is 16.5. The van der Waals surface area contributed by atoms with Crippen LogP contribution in [0.15, 0.2) is 75.8 Å². The maximum absolute atomic E-state index is 12.8. The number of alkyl halides is 3. The molecule has 0 saturated carbocycles. The van der Waals surface area contributed by atoms with Crippen LogP contribution in [0.4, 0.5) is 13.2 Å². The molecule has 0 spiro atoms. The summed E-state index contributed by atoms with van der Waals surface area (Å²) in [6, 6.07) is 7.88. The summed E-state index contributed by atoms with van der Waals surface area (Å²) in [5, 5.41) is 13.1. The highest BCUT2D eigenvalue weighted by molar-refractivity contribution is 9.11. The van der Waals surface area contributed by atoms with Crippen molar-refractivity contribution in [2.45, 2.75) is 6.18 Å². The monoisotopic (exact) mass is 491 g/mol. The SMILES string of the molecule is C=CC=C.Oc1c(Br)cc(/C=N/Oc2ccccc2C(F)(F)F)cc1Br. The molecule has 0 fully saturated rings. The summed E-state index contributed by atoms with van der Waals surface area (Å²) in [7, 11) is 0. The van der Waals surface area contributed by atoms with Gasteiger partial charge in [0.15, 0.2) is 5.75 Å². The molecule has 2 aromatic rings. The Morgan fingerprint density at radius 2 is 1.58 bits per heavy atom. The van der Waals surface area contributed by atoms with Gasteiger partial charge in [-0.15, -0.1) is 0 Å². The Morgan fingerprint density at radius 3 is 2.08 bits per heavy atom. The van der Waals surface area contributed by atoms with Crippen molar-refractivity contribution < 1.29 is 23.1 Å². The Labute approximate surface area is 165 Å². The Hall–Kier alpha value is -2.06. The average Bonchev–Trinajstić information content (AvgIpc) is 2.59. The highest BCUT2D eigenvalue weighted by atomic mass is 79.9. The average molecular weight is 493 g/mol. The van der Waals surface area contributed by atoms with E-state index in [0.717, 1.165) is 6.07 Å².